The minimum Gasteiger partial charge on any atom is -0.492 e. The lowest BCUT2D eigenvalue weighted by Gasteiger charge is -2.26. The molecule has 0 aliphatic rings. The lowest BCUT2D eigenvalue weighted by Crippen LogP contribution is -2.40. The number of nitrogens with one attached hydrogen (secondary N) is 1. The fourth-order valence-corrected chi connectivity index (χ4v) is 2.25. The maximum Gasteiger partial charge on any atom is 0.321 e. The molecule has 0 saturated heterocycles. The van der Waals surface area contributed by atoms with Crippen LogP contribution in [0.2, 0.25) is 0 Å². The van der Waals surface area contributed by atoms with Gasteiger partial charge in [-0.05, 0) is 39.1 Å². The summed E-state index contributed by atoms with van der Waals surface area (Å²) in [6.45, 7) is 13.1. The van der Waals surface area contributed by atoms with Crippen molar-refractivity contribution in [3.63, 3.8) is 0 Å². The fraction of sp³-hybridized carbons (Fsp3) is 0.588. The standard InChI is InChI=1S/C17H29N3O2.BrH/c1-5-19(6-2)13-14-20(7-3)17(21)18-15-11-9-10-12-16(15)22-8-4;/h9-12H,5-8,13-14H2,1-4H3,(H,18,21);1H. The molecule has 0 heterocycles. The first-order valence-corrected chi connectivity index (χ1v) is 8.16. The summed E-state index contributed by atoms with van der Waals surface area (Å²) in [6.07, 6.45) is 0. The number of rotatable bonds is 9. The van der Waals surface area contributed by atoms with Crippen molar-refractivity contribution in [3.05, 3.63) is 24.3 Å². The lowest BCUT2D eigenvalue weighted by atomic mass is 10.3. The summed E-state index contributed by atoms with van der Waals surface area (Å²) in [6, 6.07) is 7.44. The average molecular weight is 388 g/mol. The summed E-state index contributed by atoms with van der Waals surface area (Å²) in [7, 11) is 0. The monoisotopic (exact) mass is 387 g/mol. The number of likely N-dealkylation sites (N-methyl/N-ethyl adjacent to an activating group) is 2. The molecule has 0 aliphatic heterocycles. The summed E-state index contributed by atoms with van der Waals surface area (Å²) in [4.78, 5) is 16.6. The van der Waals surface area contributed by atoms with Crippen LogP contribution in [0, 0.1) is 0 Å². The van der Waals surface area contributed by atoms with Gasteiger partial charge in [0.1, 0.15) is 5.75 Å². The molecule has 1 N–H and O–H groups in total. The Morgan fingerprint density at radius 2 is 1.70 bits per heavy atom. The molecule has 0 atom stereocenters. The van der Waals surface area contributed by atoms with E-state index in [2.05, 4.69) is 24.1 Å². The van der Waals surface area contributed by atoms with E-state index in [9.17, 15) is 4.79 Å². The fourth-order valence-electron chi connectivity index (χ4n) is 2.25. The van der Waals surface area contributed by atoms with Crippen molar-refractivity contribution < 1.29 is 9.53 Å². The number of halogens is 1. The number of hydrogen-bond acceptors (Lipinski definition) is 3. The maximum atomic E-state index is 12.4. The van der Waals surface area contributed by atoms with Gasteiger partial charge in [0.2, 0.25) is 0 Å². The van der Waals surface area contributed by atoms with E-state index >= 15 is 0 Å². The highest BCUT2D eigenvalue weighted by Gasteiger charge is 2.14. The first kappa shape index (κ1) is 21.7. The number of amides is 2. The van der Waals surface area contributed by atoms with Crippen LogP contribution < -0.4 is 10.1 Å². The van der Waals surface area contributed by atoms with E-state index < -0.39 is 0 Å². The van der Waals surface area contributed by atoms with Crippen molar-refractivity contribution in [3.8, 4) is 5.75 Å². The van der Waals surface area contributed by atoms with E-state index in [1.807, 2.05) is 43.0 Å². The molecule has 0 spiro atoms. The SMILES string of the molecule is Br.CCOc1ccccc1NC(=O)N(CC)CCN(CC)CC. The molecular formula is C17H30BrN3O2. The third kappa shape index (κ3) is 7.22. The van der Waals surface area contributed by atoms with Crippen molar-refractivity contribution in [2.24, 2.45) is 0 Å². The number of carbonyl (C=O) groups excluding carboxylic acids is 1. The van der Waals surface area contributed by atoms with Crippen LogP contribution in [0.3, 0.4) is 0 Å². The molecule has 23 heavy (non-hydrogen) atoms. The molecule has 0 radical (unpaired) electrons. The van der Waals surface area contributed by atoms with E-state index in [4.69, 9.17) is 4.74 Å². The highest BCUT2D eigenvalue weighted by Crippen LogP contribution is 2.23. The first-order chi connectivity index (χ1) is 10.7. The normalized spacial score (nSPS) is 10.1. The quantitative estimate of drug-likeness (QED) is 0.699. The minimum atomic E-state index is -0.0817. The van der Waals surface area contributed by atoms with Crippen molar-refractivity contribution in [1.29, 1.82) is 0 Å². The summed E-state index contributed by atoms with van der Waals surface area (Å²) in [5, 5.41) is 2.95. The zero-order chi connectivity index (χ0) is 16.4. The predicted octanol–water partition coefficient (Wildman–Crippen LogP) is 3.86. The smallest absolute Gasteiger partial charge is 0.321 e. The Labute approximate surface area is 150 Å². The third-order valence-corrected chi connectivity index (χ3v) is 3.68. The van der Waals surface area contributed by atoms with E-state index in [-0.39, 0.29) is 23.0 Å². The number of anilines is 1. The summed E-state index contributed by atoms with van der Waals surface area (Å²) in [5.74, 6) is 0.707. The largest absolute Gasteiger partial charge is 0.492 e. The summed E-state index contributed by atoms with van der Waals surface area (Å²) < 4.78 is 5.54. The Hall–Kier alpha value is -1.27. The molecule has 1 aromatic rings. The highest BCUT2D eigenvalue weighted by molar-refractivity contribution is 8.93. The molecule has 6 heteroatoms. The number of nitrogens with zero attached hydrogens (tertiary/aromatic N) is 2. The van der Waals surface area contributed by atoms with Gasteiger partial charge in [-0.1, -0.05) is 26.0 Å². The van der Waals surface area contributed by atoms with Gasteiger partial charge in [0, 0.05) is 19.6 Å². The Bertz CT molecular complexity index is 453. The molecule has 0 fully saturated rings. The lowest BCUT2D eigenvalue weighted by molar-refractivity contribution is 0.200. The number of hydrogen-bond donors (Lipinski definition) is 1. The molecule has 0 unspecified atom stereocenters. The van der Waals surface area contributed by atoms with Gasteiger partial charge in [-0.3, -0.25) is 0 Å². The van der Waals surface area contributed by atoms with E-state index in [0.29, 0.717) is 18.9 Å². The zero-order valence-corrected chi connectivity index (χ0v) is 16.4. The summed E-state index contributed by atoms with van der Waals surface area (Å²) >= 11 is 0. The number of urea groups is 1. The second kappa shape index (κ2) is 12.2. The van der Waals surface area contributed by atoms with Crippen LogP contribution in [0.15, 0.2) is 24.3 Å². The number of para-hydroxylation sites is 2. The average Bonchev–Trinajstić information content (AvgIpc) is 2.54. The second-order valence-electron chi connectivity index (χ2n) is 4.97. The van der Waals surface area contributed by atoms with Gasteiger partial charge in [-0.25, -0.2) is 4.79 Å². The minimum absolute atomic E-state index is 0. The van der Waals surface area contributed by atoms with Crippen molar-refractivity contribution in [1.82, 2.24) is 9.80 Å². The number of benzene rings is 1. The van der Waals surface area contributed by atoms with Gasteiger partial charge in [0.05, 0.1) is 12.3 Å². The Morgan fingerprint density at radius 1 is 1.04 bits per heavy atom. The highest BCUT2D eigenvalue weighted by atomic mass is 79.9. The van der Waals surface area contributed by atoms with Crippen molar-refractivity contribution >= 4 is 28.7 Å². The van der Waals surface area contributed by atoms with E-state index in [1.165, 1.54) is 0 Å². The predicted molar refractivity (Wildman–Crippen MR) is 102 cm³/mol. The van der Waals surface area contributed by atoms with Gasteiger partial charge in [-0.2, -0.15) is 0 Å². The third-order valence-electron chi connectivity index (χ3n) is 3.68. The molecular weight excluding hydrogens is 358 g/mol. The van der Waals surface area contributed by atoms with Crippen LogP contribution in [0.5, 0.6) is 5.75 Å². The molecule has 0 bridgehead atoms. The van der Waals surface area contributed by atoms with Crippen LogP contribution in [0.25, 0.3) is 0 Å². The van der Waals surface area contributed by atoms with Gasteiger partial charge >= 0.3 is 6.03 Å². The molecule has 0 aromatic heterocycles. The topological polar surface area (TPSA) is 44.8 Å². The molecule has 0 aliphatic carbocycles. The molecule has 132 valence electrons. The van der Waals surface area contributed by atoms with Crippen LogP contribution in [0.1, 0.15) is 27.7 Å². The van der Waals surface area contributed by atoms with Crippen molar-refractivity contribution in [2.45, 2.75) is 27.7 Å². The van der Waals surface area contributed by atoms with Gasteiger partial charge in [0.25, 0.3) is 0 Å². The van der Waals surface area contributed by atoms with Gasteiger partial charge in [0.15, 0.2) is 0 Å². The molecule has 0 saturated carbocycles. The Balaban J connectivity index is 0.00000484. The number of ether oxygens (including phenoxy) is 1. The molecule has 5 nitrogen and oxygen atoms in total. The van der Waals surface area contributed by atoms with Crippen molar-refractivity contribution in [2.75, 3.05) is 44.6 Å². The van der Waals surface area contributed by atoms with Crippen LogP contribution in [0.4, 0.5) is 10.5 Å². The number of carbonyl (C=O) groups is 1. The Kier molecular flexibility index (Phi) is 11.5. The van der Waals surface area contributed by atoms with Gasteiger partial charge < -0.3 is 19.9 Å². The summed E-state index contributed by atoms with van der Waals surface area (Å²) in [5.41, 5.74) is 0.718. The van der Waals surface area contributed by atoms with E-state index in [0.717, 1.165) is 31.9 Å². The maximum absolute atomic E-state index is 12.4. The first-order valence-electron chi connectivity index (χ1n) is 8.16. The zero-order valence-electron chi connectivity index (χ0n) is 14.7. The molecule has 1 aromatic carbocycles. The molecule has 1 rings (SSSR count). The van der Waals surface area contributed by atoms with Crippen LogP contribution >= 0.6 is 17.0 Å². The van der Waals surface area contributed by atoms with Gasteiger partial charge in [-0.15, -0.1) is 17.0 Å². The molecule has 2 amide bonds. The van der Waals surface area contributed by atoms with E-state index in [1.54, 1.807) is 0 Å². The van der Waals surface area contributed by atoms with Crippen LogP contribution in [-0.4, -0.2) is 55.2 Å². The second-order valence-corrected chi connectivity index (χ2v) is 4.97. The van der Waals surface area contributed by atoms with Crippen LogP contribution in [-0.2, 0) is 0 Å². The Morgan fingerprint density at radius 3 is 2.26 bits per heavy atom.